The number of hydrogen-bond acceptors (Lipinski definition) is 6. The van der Waals surface area contributed by atoms with Crippen LogP contribution in [-0.2, 0) is 16.0 Å². The molecule has 3 rings (SSSR count). The number of aromatic amines is 1. The zero-order chi connectivity index (χ0) is 21.5. The van der Waals surface area contributed by atoms with E-state index in [0.29, 0.717) is 28.5 Å². The summed E-state index contributed by atoms with van der Waals surface area (Å²) in [5, 5.41) is 3.06. The number of anilines is 1. The molecule has 0 saturated heterocycles. The van der Waals surface area contributed by atoms with E-state index in [2.05, 4.69) is 15.3 Å². The number of thioether (sulfide) groups is 1. The number of rotatable bonds is 7. The van der Waals surface area contributed by atoms with Crippen LogP contribution in [0.4, 0.5) is 5.69 Å². The van der Waals surface area contributed by atoms with Crippen LogP contribution in [-0.4, -0.2) is 34.7 Å². The molecule has 0 spiro atoms. The fraction of sp³-hybridized carbons (Fsp3) is 0.182. The van der Waals surface area contributed by atoms with Crippen LogP contribution in [0.2, 0.25) is 0 Å². The van der Waals surface area contributed by atoms with Gasteiger partial charge in [0.1, 0.15) is 0 Å². The van der Waals surface area contributed by atoms with Gasteiger partial charge in [-0.3, -0.25) is 9.59 Å². The van der Waals surface area contributed by atoms with Gasteiger partial charge in [-0.25, -0.2) is 9.78 Å². The number of nitrogens with one attached hydrogen (secondary N) is 2. The van der Waals surface area contributed by atoms with Gasteiger partial charge in [0.05, 0.1) is 24.1 Å². The molecule has 8 heteroatoms. The third-order valence-corrected chi connectivity index (χ3v) is 5.24. The fourth-order valence-electron chi connectivity index (χ4n) is 2.86. The van der Waals surface area contributed by atoms with Crippen LogP contribution in [0.3, 0.4) is 0 Å². The van der Waals surface area contributed by atoms with Crippen molar-refractivity contribution >= 4 is 29.3 Å². The molecule has 3 aromatic rings. The number of carbonyl (C=O) groups excluding carboxylic acids is 2. The third kappa shape index (κ3) is 5.36. The van der Waals surface area contributed by atoms with Gasteiger partial charge in [0.15, 0.2) is 5.16 Å². The number of aryl methyl sites for hydroxylation is 1. The Morgan fingerprint density at radius 3 is 2.50 bits per heavy atom. The molecule has 0 atom stereocenters. The first kappa shape index (κ1) is 21.3. The van der Waals surface area contributed by atoms with Gasteiger partial charge in [-0.2, -0.15) is 0 Å². The average Bonchev–Trinajstić information content (AvgIpc) is 2.75. The number of nitrogens with zero attached hydrogens (tertiary/aromatic N) is 1. The molecule has 2 N–H and O–H groups in total. The molecule has 1 heterocycles. The predicted octanol–water partition coefficient (Wildman–Crippen LogP) is 3.19. The van der Waals surface area contributed by atoms with E-state index in [0.717, 1.165) is 17.3 Å². The Hall–Kier alpha value is -3.39. The second kappa shape index (κ2) is 9.89. The molecule has 0 fully saturated rings. The quantitative estimate of drug-likeness (QED) is 0.344. The van der Waals surface area contributed by atoms with Crippen molar-refractivity contribution in [1.29, 1.82) is 0 Å². The van der Waals surface area contributed by atoms with Gasteiger partial charge in [0.2, 0.25) is 5.91 Å². The Balaban J connectivity index is 1.66. The van der Waals surface area contributed by atoms with Gasteiger partial charge in [-0.15, -0.1) is 0 Å². The number of aromatic nitrogens is 2. The summed E-state index contributed by atoms with van der Waals surface area (Å²) in [6.07, 6.45) is 0.491. The molecule has 154 valence electrons. The zero-order valence-electron chi connectivity index (χ0n) is 16.6. The van der Waals surface area contributed by atoms with E-state index in [1.165, 1.54) is 7.11 Å². The van der Waals surface area contributed by atoms with Crippen molar-refractivity contribution in [2.24, 2.45) is 0 Å². The predicted molar refractivity (Wildman–Crippen MR) is 116 cm³/mol. The molecule has 0 radical (unpaired) electrons. The van der Waals surface area contributed by atoms with Gasteiger partial charge in [0.25, 0.3) is 5.56 Å². The summed E-state index contributed by atoms with van der Waals surface area (Å²) in [6.45, 7) is 1.78. The molecule has 1 aromatic heterocycles. The Labute approximate surface area is 177 Å². The molecule has 2 aromatic carbocycles. The lowest BCUT2D eigenvalue weighted by Crippen LogP contribution is -2.20. The highest BCUT2D eigenvalue weighted by atomic mass is 32.2. The van der Waals surface area contributed by atoms with E-state index in [1.807, 2.05) is 30.3 Å². The summed E-state index contributed by atoms with van der Waals surface area (Å²) in [6, 6.07) is 16.3. The number of hydrogen-bond donors (Lipinski definition) is 2. The molecule has 0 aliphatic heterocycles. The van der Waals surface area contributed by atoms with E-state index >= 15 is 0 Å². The third-order valence-electron chi connectivity index (χ3n) is 4.37. The van der Waals surface area contributed by atoms with Crippen LogP contribution < -0.4 is 10.9 Å². The van der Waals surface area contributed by atoms with Crippen LogP contribution >= 0.6 is 11.8 Å². The normalized spacial score (nSPS) is 10.5. The molecule has 0 unspecified atom stereocenters. The van der Waals surface area contributed by atoms with Crippen molar-refractivity contribution in [2.45, 2.75) is 18.5 Å². The Kier molecular flexibility index (Phi) is 7.03. The first-order chi connectivity index (χ1) is 14.5. The van der Waals surface area contributed by atoms with Crippen molar-refractivity contribution in [1.82, 2.24) is 9.97 Å². The molecule has 0 aliphatic carbocycles. The zero-order valence-corrected chi connectivity index (χ0v) is 17.4. The maximum atomic E-state index is 12.5. The smallest absolute Gasteiger partial charge is 0.339 e. The van der Waals surface area contributed by atoms with Crippen molar-refractivity contribution in [3.8, 4) is 0 Å². The highest BCUT2D eigenvalue weighted by Gasteiger charge is 2.15. The number of amides is 1. The van der Waals surface area contributed by atoms with Gasteiger partial charge in [-0.05, 0) is 24.6 Å². The number of carbonyl (C=O) groups is 2. The number of methoxy groups -OCH3 is 1. The highest BCUT2D eigenvalue weighted by Crippen LogP contribution is 2.18. The van der Waals surface area contributed by atoms with Crippen LogP contribution in [0.15, 0.2) is 64.5 Å². The lowest BCUT2D eigenvalue weighted by Gasteiger charge is -2.10. The molecular weight excluding hydrogens is 402 g/mol. The molecule has 1 amide bonds. The minimum absolute atomic E-state index is 0.0237. The maximum absolute atomic E-state index is 12.5. The molecular formula is C22H21N3O4S. The van der Waals surface area contributed by atoms with E-state index in [9.17, 15) is 14.4 Å². The minimum Gasteiger partial charge on any atom is -0.465 e. The van der Waals surface area contributed by atoms with Gasteiger partial charge in [-0.1, -0.05) is 54.2 Å². The minimum atomic E-state index is -0.533. The number of esters is 1. The maximum Gasteiger partial charge on any atom is 0.339 e. The van der Waals surface area contributed by atoms with E-state index in [-0.39, 0.29) is 22.8 Å². The topological polar surface area (TPSA) is 101 Å². The van der Waals surface area contributed by atoms with Gasteiger partial charge >= 0.3 is 5.97 Å². The highest BCUT2D eigenvalue weighted by molar-refractivity contribution is 7.99. The summed E-state index contributed by atoms with van der Waals surface area (Å²) >= 11 is 1.12. The van der Waals surface area contributed by atoms with E-state index in [1.54, 1.807) is 31.2 Å². The number of ether oxygens (including phenoxy) is 1. The second-order valence-electron chi connectivity index (χ2n) is 6.47. The summed E-state index contributed by atoms with van der Waals surface area (Å²) in [5.41, 5.74) is 2.67. The summed E-state index contributed by atoms with van der Waals surface area (Å²) in [5.74, 6) is -0.838. The van der Waals surface area contributed by atoms with Crippen LogP contribution in [0, 0.1) is 6.92 Å². The lowest BCUT2D eigenvalue weighted by molar-refractivity contribution is -0.113. The van der Waals surface area contributed by atoms with Crippen molar-refractivity contribution in [3.05, 3.63) is 87.3 Å². The fourth-order valence-corrected chi connectivity index (χ4v) is 3.57. The van der Waals surface area contributed by atoms with Crippen LogP contribution in [0.5, 0.6) is 0 Å². The number of para-hydroxylation sites is 1. The van der Waals surface area contributed by atoms with Crippen molar-refractivity contribution < 1.29 is 14.3 Å². The first-order valence-electron chi connectivity index (χ1n) is 9.21. The first-order valence-corrected chi connectivity index (χ1v) is 10.2. The second-order valence-corrected chi connectivity index (χ2v) is 7.44. The average molecular weight is 423 g/mol. The van der Waals surface area contributed by atoms with Crippen molar-refractivity contribution in [3.63, 3.8) is 0 Å². The van der Waals surface area contributed by atoms with E-state index in [4.69, 9.17) is 4.74 Å². The summed E-state index contributed by atoms with van der Waals surface area (Å²) < 4.78 is 4.72. The monoisotopic (exact) mass is 423 g/mol. The van der Waals surface area contributed by atoms with Crippen molar-refractivity contribution in [2.75, 3.05) is 18.2 Å². The SMILES string of the molecule is COC(=O)c1ccccc1NC(=O)CSc1nc(C)c(Cc2ccccc2)c(=O)[nH]1. The standard InChI is InChI=1S/C22H21N3O4S/c1-14-17(12-15-8-4-3-5-9-15)20(27)25-22(23-14)30-13-19(26)24-18-11-7-6-10-16(18)21(28)29-2/h3-11H,12-13H2,1-2H3,(H,24,26)(H,23,25,27). The Morgan fingerprint density at radius 2 is 1.80 bits per heavy atom. The summed E-state index contributed by atoms with van der Waals surface area (Å²) in [4.78, 5) is 43.8. The number of benzene rings is 2. The largest absolute Gasteiger partial charge is 0.465 e. The van der Waals surface area contributed by atoms with Gasteiger partial charge in [0, 0.05) is 17.7 Å². The molecule has 7 nitrogen and oxygen atoms in total. The van der Waals surface area contributed by atoms with Crippen LogP contribution in [0.1, 0.15) is 27.2 Å². The Bertz CT molecular complexity index is 1110. The molecule has 0 saturated carbocycles. The number of H-pyrrole nitrogens is 1. The van der Waals surface area contributed by atoms with Crippen LogP contribution in [0.25, 0.3) is 0 Å². The Morgan fingerprint density at radius 1 is 1.10 bits per heavy atom. The van der Waals surface area contributed by atoms with Gasteiger partial charge < -0.3 is 15.0 Å². The van der Waals surface area contributed by atoms with E-state index < -0.39 is 5.97 Å². The lowest BCUT2D eigenvalue weighted by atomic mass is 10.1. The summed E-state index contributed by atoms with van der Waals surface area (Å²) in [7, 11) is 1.28. The molecule has 30 heavy (non-hydrogen) atoms. The molecule has 0 bridgehead atoms. The molecule has 0 aliphatic rings.